The van der Waals surface area contributed by atoms with E-state index in [2.05, 4.69) is 187 Å². The second-order valence-corrected chi connectivity index (χ2v) is 31.9. The number of aliphatic imine (C=N–C) groups is 1. The summed E-state index contributed by atoms with van der Waals surface area (Å²) >= 11 is 0. The van der Waals surface area contributed by atoms with E-state index in [1.54, 1.807) is 0 Å². The van der Waals surface area contributed by atoms with Gasteiger partial charge in [0.15, 0.2) is 6.67 Å². The number of piperazine rings is 1. The van der Waals surface area contributed by atoms with E-state index in [1.807, 2.05) is 4.90 Å². The normalized spacial score (nSPS) is 26.0. The summed E-state index contributed by atoms with van der Waals surface area (Å²) in [5.74, 6) is 3.74. The summed E-state index contributed by atoms with van der Waals surface area (Å²) in [6.07, 6.45) is 23.9. The molecule has 0 aromatic carbocycles. The van der Waals surface area contributed by atoms with Crippen LogP contribution in [-0.4, -0.2) is 113 Å². The van der Waals surface area contributed by atoms with Crippen LogP contribution < -0.4 is 26.6 Å². The minimum absolute atomic E-state index is 0.0909. The SMILES string of the molecule is CC(C)(C)C1CCCCC1.CC(C)(C)C1CCCCN1.CC(C)(C)C1CCCCN1.CC(C)(C)C1CCCO1.CC(C)(C)C1CCNC1.CC(C)(C)C1CCNCC1.CC(C)(C)C1CNCCN1C(=O)CCC1=NCN=N1. The highest BCUT2D eigenvalue weighted by atomic mass is 16.5. The summed E-state index contributed by atoms with van der Waals surface area (Å²) in [5, 5.41) is 25.0. The third kappa shape index (κ3) is 30.4. The molecule has 0 aromatic heterocycles. The molecule has 0 aromatic rings. The molecule has 0 bridgehead atoms. The van der Waals surface area contributed by atoms with E-state index >= 15 is 0 Å². The predicted molar refractivity (Wildman–Crippen MR) is 334 cm³/mol. The van der Waals surface area contributed by atoms with Gasteiger partial charge in [0.1, 0.15) is 5.84 Å². The quantitative estimate of drug-likeness (QED) is 0.191. The summed E-state index contributed by atoms with van der Waals surface area (Å²) in [5.41, 5.74) is 2.98. The maximum atomic E-state index is 12.4. The predicted octanol–water partition coefficient (Wildman–Crippen LogP) is 15.3. The molecule has 454 valence electrons. The highest BCUT2D eigenvalue weighted by molar-refractivity contribution is 5.88. The number of hydrogen-bond donors (Lipinski definition) is 5. The Morgan fingerprint density at radius 2 is 0.961 bits per heavy atom. The van der Waals surface area contributed by atoms with E-state index in [0.717, 1.165) is 56.1 Å². The van der Waals surface area contributed by atoms with Gasteiger partial charge >= 0.3 is 0 Å². The number of amides is 1. The van der Waals surface area contributed by atoms with Gasteiger partial charge in [0.2, 0.25) is 5.91 Å². The topological polar surface area (TPSA) is 127 Å². The van der Waals surface area contributed by atoms with Gasteiger partial charge in [0.05, 0.1) is 6.10 Å². The fourth-order valence-corrected chi connectivity index (χ4v) is 12.0. The maximum absolute atomic E-state index is 12.4. The lowest BCUT2D eigenvalue weighted by atomic mass is 9.72. The minimum atomic E-state index is 0.0909. The molecule has 8 aliphatic rings. The second kappa shape index (κ2) is 34.2. The molecule has 1 aliphatic carbocycles. The van der Waals surface area contributed by atoms with Crippen molar-refractivity contribution in [3.63, 3.8) is 0 Å². The van der Waals surface area contributed by atoms with Crippen LogP contribution in [-0.2, 0) is 9.53 Å². The van der Waals surface area contributed by atoms with Gasteiger partial charge in [-0.3, -0.25) is 4.79 Å². The van der Waals surface area contributed by atoms with Crippen molar-refractivity contribution in [3.05, 3.63) is 0 Å². The lowest BCUT2D eigenvalue weighted by Crippen LogP contribution is -2.58. The van der Waals surface area contributed by atoms with Crippen LogP contribution >= 0.6 is 0 Å². The molecule has 0 spiro atoms. The van der Waals surface area contributed by atoms with E-state index in [-0.39, 0.29) is 17.4 Å². The first kappa shape index (κ1) is 71.6. The number of azo groups is 1. The Balaban J connectivity index is 0.000000314. The first-order valence-corrected chi connectivity index (χ1v) is 32.0. The number of hydrogen-bond acceptors (Lipinski definition) is 10. The maximum Gasteiger partial charge on any atom is 0.223 e. The fraction of sp³-hybridized carbons (Fsp3) is 0.970. The zero-order valence-electron chi connectivity index (χ0n) is 55.2. The van der Waals surface area contributed by atoms with Gasteiger partial charge in [0, 0.05) is 57.2 Å². The molecule has 8 rings (SSSR count). The van der Waals surface area contributed by atoms with E-state index < -0.39 is 0 Å². The van der Waals surface area contributed by atoms with E-state index in [9.17, 15) is 4.79 Å². The molecule has 77 heavy (non-hydrogen) atoms. The molecular formula is C66H133N9O2. The van der Waals surface area contributed by atoms with Crippen molar-refractivity contribution in [1.29, 1.82) is 0 Å². The lowest BCUT2D eigenvalue weighted by molar-refractivity contribution is -0.136. The van der Waals surface area contributed by atoms with Gasteiger partial charge in [-0.1, -0.05) is 178 Å². The molecule has 5 atom stereocenters. The zero-order chi connectivity index (χ0) is 58.1. The Morgan fingerprint density at radius 1 is 0.481 bits per heavy atom. The highest BCUT2D eigenvalue weighted by Crippen LogP contribution is 2.38. The van der Waals surface area contributed by atoms with Crippen molar-refractivity contribution in [2.45, 2.75) is 285 Å². The molecule has 6 saturated heterocycles. The Labute approximate surface area is 479 Å². The first-order valence-electron chi connectivity index (χ1n) is 32.0. The fourth-order valence-electron chi connectivity index (χ4n) is 12.0. The molecule has 1 amide bonds. The lowest BCUT2D eigenvalue weighted by Gasteiger charge is -2.43. The molecule has 11 heteroatoms. The van der Waals surface area contributed by atoms with Gasteiger partial charge < -0.3 is 36.2 Å². The number of carbonyl (C=O) groups excluding carboxylic acids is 1. The van der Waals surface area contributed by atoms with Crippen LogP contribution in [0.3, 0.4) is 0 Å². The zero-order valence-corrected chi connectivity index (χ0v) is 55.2. The molecule has 1 saturated carbocycles. The summed E-state index contributed by atoms with van der Waals surface area (Å²) in [6.45, 7) is 59.6. The van der Waals surface area contributed by atoms with Gasteiger partial charge in [0.25, 0.3) is 0 Å². The molecule has 7 fully saturated rings. The number of nitrogens with one attached hydrogen (secondary N) is 5. The van der Waals surface area contributed by atoms with Crippen molar-refractivity contribution >= 4 is 11.7 Å². The monoisotopic (exact) mass is 1080 g/mol. The standard InChI is InChI=1S/C13H23N5O.C10H20.3C9H19N.C8H17N.C8H16O/c1-13(2,3)10-8-14-6-7-18(10)12(19)5-4-11-15-9-16-17-11;1-10(2,3)9-7-5-4-6-8-9;1-9(2,3)8-4-6-10-7-5-8;2*1-9(2,3)8-6-4-5-7-10-8;1-8(2,3)7-4-5-9-6-7;1-8(2,3)7-5-4-6-9-7/h10,14H,4-9H2,1-3H3;9H,4-8H2,1-3H3;3*8,10H,4-7H2,1-3H3;7,9H,4-6H2,1-3H3;7H,4-6H2,1-3H3. The number of carbonyl (C=O) groups is 1. The van der Waals surface area contributed by atoms with E-state index in [0.29, 0.717) is 63.9 Å². The number of rotatable bonds is 3. The van der Waals surface area contributed by atoms with Gasteiger partial charge in [-0.2, -0.15) is 5.11 Å². The van der Waals surface area contributed by atoms with Crippen LogP contribution in [0, 0.1) is 55.7 Å². The summed E-state index contributed by atoms with van der Waals surface area (Å²) in [7, 11) is 0. The van der Waals surface area contributed by atoms with Crippen LogP contribution in [0.4, 0.5) is 0 Å². The Morgan fingerprint density at radius 3 is 1.29 bits per heavy atom. The van der Waals surface area contributed by atoms with Crippen LogP contribution in [0.2, 0.25) is 0 Å². The number of nitrogens with zero attached hydrogens (tertiary/aromatic N) is 4. The summed E-state index contributed by atoms with van der Waals surface area (Å²) in [4.78, 5) is 18.5. The smallest absolute Gasteiger partial charge is 0.223 e. The Kier molecular flexibility index (Phi) is 31.8. The molecular weight excluding hydrogens is 951 g/mol. The largest absolute Gasteiger partial charge is 0.378 e. The van der Waals surface area contributed by atoms with Crippen LogP contribution in [0.15, 0.2) is 15.2 Å². The van der Waals surface area contributed by atoms with Crippen LogP contribution in [0.1, 0.15) is 261 Å². The van der Waals surface area contributed by atoms with Crippen molar-refractivity contribution in [3.8, 4) is 0 Å². The summed E-state index contributed by atoms with van der Waals surface area (Å²) in [6, 6.07) is 1.75. The third-order valence-corrected chi connectivity index (χ3v) is 17.9. The van der Waals surface area contributed by atoms with Crippen molar-refractivity contribution in [2.75, 3.05) is 72.2 Å². The highest BCUT2D eigenvalue weighted by Gasteiger charge is 2.35. The van der Waals surface area contributed by atoms with Gasteiger partial charge in [-0.05, 0) is 166 Å². The van der Waals surface area contributed by atoms with Crippen LogP contribution in [0.5, 0.6) is 0 Å². The first-order chi connectivity index (χ1) is 35.6. The second-order valence-electron chi connectivity index (χ2n) is 31.9. The third-order valence-electron chi connectivity index (χ3n) is 17.9. The van der Waals surface area contributed by atoms with Crippen molar-refractivity contribution < 1.29 is 9.53 Å². The van der Waals surface area contributed by atoms with Crippen LogP contribution in [0.25, 0.3) is 0 Å². The van der Waals surface area contributed by atoms with Crippen molar-refractivity contribution in [1.82, 2.24) is 31.5 Å². The molecule has 11 nitrogen and oxygen atoms in total. The molecule has 5 N–H and O–H groups in total. The minimum Gasteiger partial charge on any atom is -0.378 e. The number of piperidine rings is 3. The average Bonchev–Trinajstić information content (AvgIpc) is 4.21. The van der Waals surface area contributed by atoms with E-state index in [1.165, 1.54) is 142 Å². The average molecular weight is 1080 g/mol. The van der Waals surface area contributed by atoms with E-state index in [4.69, 9.17) is 4.74 Å². The number of amidine groups is 1. The van der Waals surface area contributed by atoms with Gasteiger partial charge in [-0.25, -0.2) is 4.99 Å². The molecule has 7 aliphatic heterocycles. The van der Waals surface area contributed by atoms with Crippen molar-refractivity contribution in [2.24, 2.45) is 70.9 Å². The summed E-state index contributed by atoms with van der Waals surface area (Å²) < 4.78 is 5.52. The van der Waals surface area contributed by atoms with Gasteiger partial charge in [-0.15, -0.1) is 5.11 Å². The molecule has 7 heterocycles. The molecule has 0 radical (unpaired) electrons. The Hall–Kier alpha value is -1.50. The molecule has 5 unspecified atom stereocenters. The number of ether oxygens (including phenoxy) is 1. The Bertz CT molecular complexity index is 1460.